The molecule has 1 heterocycles. The van der Waals surface area contributed by atoms with Crippen LogP contribution in [0.2, 0.25) is 5.02 Å². The molecule has 8 heteroatoms. The third-order valence-electron chi connectivity index (χ3n) is 3.53. The van der Waals surface area contributed by atoms with Crippen molar-refractivity contribution in [1.29, 1.82) is 0 Å². The molecule has 0 saturated carbocycles. The number of tetrazole rings is 1. The van der Waals surface area contributed by atoms with Gasteiger partial charge in [0.05, 0.1) is 10.9 Å². The molecule has 3 aromatic rings. The van der Waals surface area contributed by atoms with Gasteiger partial charge in [-0.15, -0.1) is 5.10 Å². The Morgan fingerprint density at radius 1 is 1.24 bits per heavy atom. The van der Waals surface area contributed by atoms with Gasteiger partial charge in [0.25, 0.3) is 0 Å². The highest BCUT2D eigenvalue weighted by atomic mass is 35.5. The Hall–Kier alpha value is -2.38. The molecule has 0 aliphatic rings. The van der Waals surface area contributed by atoms with Gasteiger partial charge in [-0.1, -0.05) is 47.6 Å². The number of rotatable bonds is 5. The minimum atomic E-state index is -0.382. The lowest BCUT2D eigenvalue weighted by Crippen LogP contribution is -2.23. The van der Waals surface area contributed by atoms with Gasteiger partial charge in [-0.05, 0) is 54.1 Å². The third-order valence-corrected chi connectivity index (χ3v) is 4.80. The first-order valence-electron chi connectivity index (χ1n) is 7.62. The molecule has 0 radical (unpaired) electrons. The molecule has 1 aromatic heterocycles. The molecule has 128 valence electrons. The second-order valence-electron chi connectivity index (χ2n) is 5.42. The molecule has 0 spiro atoms. The highest BCUT2D eigenvalue weighted by Gasteiger charge is 2.20. The van der Waals surface area contributed by atoms with Crippen LogP contribution in [0.3, 0.4) is 0 Å². The van der Waals surface area contributed by atoms with Crippen molar-refractivity contribution in [2.24, 2.45) is 0 Å². The van der Waals surface area contributed by atoms with E-state index in [1.165, 1.54) is 11.8 Å². The molecule has 6 nitrogen and oxygen atoms in total. The number of halogens is 1. The summed E-state index contributed by atoms with van der Waals surface area (Å²) >= 11 is 7.23. The van der Waals surface area contributed by atoms with E-state index >= 15 is 0 Å². The van der Waals surface area contributed by atoms with Crippen LogP contribution in [0.15, 0.2) is 53.7 Å². The zero-order chi connectivity index (χ0) is 17.8. The fourth-order valence-electron chi connectivity index (χ4n) is 2.23. The number of benzene rings is 2. The highest BCUT2D eigenvalue weighted by molar-refractivity contribution is 8.00. The summed E-state index contributed by atoms with van der Waals surface area (Å²) in [6.07, 6.45) is 0. The average Bonchev–Trinajstić information content (AvgIpc) is 3.03. The number of hydrogen-bond donors (Lipinski definition) is 1. The van der Waals surface area contributed by atoms with Crippen molar-refractivity contribution in [3.8, 4) is 5.69 Å². The Morgan fingerprint density at radius 2 is 2.04 bits per heavy atom. The predicted molar refractivity (Wildman–Crippen MR) is 99.3 cm³/mol. The van der Waals surface area contributed by atoms with Gasteiger partial charge in [-0.2, -0.15) is 4.68 Å². The molecule has 0 bridgehead atoms. The Kier molecular flexibility index (Phi) is 5.35. The van der Waals surface area contributed by atoms with E-state index in [2.05, 4.69) is 20.8 Å². The molecule has 1 atom stereocenters. The summed E-state index contributed by atoms with van der Waals surface area (Å²) < 4.78 is 1.64. The van der Waals surface area contributed by atoms with Crippen molar-refractivity contribution < 1.29 is 4.79 Å². The van der Waals surface area contributed by atoms with Crippen molar-refractivity contribution in [3.63, 3.8) is 0 Å². The van der Waals surface area contributed by atoms with Gasteiger partial charge in [-0.3, -0.25) is 4.79 Å². The monoisotopic (exact) mass is 373 g/mol. The molecule has 1 unspecified atom stereocenters. The number of anilines is 1. The van der Waals surface area contributed by atoms with E-state index in [0.29, 0.717) is 15.9 Å². The summed E-state index contributed by atoms with van der Waals surface area (Å²) in [6, 6.07) is 14.8. The number of hydrogen-bond acceptors (Lipinski definition) is 5. The van der Waals surface area contributed by atoms with Crippen molar-refractivity contribution in [2.75, 3.05) is 5.32 Å². The summed E-state index contributed by atoms with van der Waals surface area (Å²) in [6.45, 7) is 3.79. The van der Waals surface area contributed by atoms with Gasteiger partial charge in [0.15, 0.2) is 0 Å². The summed E-state index contributed by atoms with van der Waals surface area (Å²) in [5, 5.41) is 15.4. The van der Waals surface area contributed by atoms with E-state index in [1.54, 1.807) is 35.9 Å². The number of amides is 1. The van der Waals surface area contributed by atoms with Gasteiger partial charge in [0, 0.05) is 10.7 Å². The fraction of sp³-hybridized carbons (Fsp3) is 0.176. The SMILES string of the molecule is Cc1ccccc1-n1nnnc1SC(C)C(=O)Nc1cccc(Cl)c1. The first kappa shape index (κ1) is 17.4. The molecule has 0 fully saturated rings. The molecule has 2 aromatic carbocycles. The van der Waals surface area contributed by atoms with Crippen molar-refractivity contribution in [2.45, 2.75) is 24.3 Å². The number of aryl methyl sites for hydroxylation is 1. The van der Waals surface area contributed by atoms with Gasteiger partial charge in [0.2, 0.25) is 11.1 Å². The van der Waals surface area contributed by atoms with Crippen molar-refractivity contribution >= 4 is 35.0 Å². The minimum Gasteiger partial charge on any atom is -0.325 e. The molecular weight excluding hydrogens is 358 g/mol. The number of thioether (sulfide) groups is 1. The lowest BCUT2D eigenvalue weighted by Gasteiger charge is -2.12. The molecular formula is C17H16ClN5OS. The van der Waals surface area contributed by atoms with Gasteiger partial charge >= 0.3 is 0 Å². The molecule has 0 saturated heterocycles. The van der Waals surface area contributed by atoms with Gasteiger partial charge < -0.3 is 5.32 Å². The molecule has 0 aliphatic carbocycles. The molecule has 1 N–H and O–H groups in total. The van der Waals surface area contributed by atoms with Crippen LogP contribution in [0.1, 0.15) is 12.5 Å². The first-order chi connectivity index (χ1) is 12.0. The summed E-state index contributed by atoms with van der Waals surface area (Å²) in [5.41, 5.74) is 2.59. The zero-order valence-electron chi connectivity index (χ0n) is 13.7. The van der Waals surface area contributed by atoms with Gasteiger partial charge in [0.1, 0.15) is 0 Å². The fourth-order valence-corrected chi connectivity index (χ4v) is 3.22. The maximum atomic E-state index is 12.4. The van der Waals surface area contributed by atoms with E-state index < -0.39 is 0 Å². The van der Waals surface area contributed by atoms with Crippen LogP contribution in [0.4, 0.5) is 5.69 Å². The van der Waals surface area contributed by atoms with Crippen LogP contribution in [0.5, 0.6) is 0 Å². The predicted octanol–water partition coefficient (Wildman–Crippen LogP) is 3.74. The van der Waals surface area contributed by atoms with Crippen LogP contribution < -0.4 is 5.32 Å². The van der Waals surface area contributed by atoms with E-state index in [0.717, 1.165) is 11.3 Å². The number of carbonyl (C=O) groups is 1. The number of aromatic nitrogens is 4. The summed E-state index contributed by atoms with van der Waals surface area (Å²) in [7, 11) is 0. The third kappa shape index (κ3) is 4.18. The summed E-state index contributed by atoms with van der Waals surface area (Å²) in [4.78, 5) is 12.4. The van der Waals surface area contributed by atoms with Crippen LogP contribution in [-0.2, 0) is 4.79 Å². The topological polar surface area (TPSA) is 72.7 Å². The number of nitrogens with one attached hydrogen (secondary N) is 1. The molecule has 1 amide bonds. The Bertz CT molecular complexity index is 898. The second kappa shape index (κ2) is 7.67. The smallest absolute Gasteiger partial charge is 0.237 e. The zero-order valence-corrected chi connectivity index (χ0v) is 15.3. The Balaban J connectivity index is 1.74. The van der Waals surface area contributed by atoms with Crippen molar-refractivity contribution in [1.82, 2.24) is 20.2 Å². The number of carbonyl (C=O) groups excluding carboxylic acids is 1. The van der Waals surface area contributed by atoms with Gasteiger partial charge in [-0.25, -0.2) is 0 Å². The number of para-hydroxylation sites is 1. The van der Waals surface area contributed by atoms with Crippen LogP contribution in [-0.4, -0.2) is 31.4 Å². The van der Waals surface area contributed by atoms with Crippen LogP contribution in [0.25, 0.3) is 5.69 Å². The maximum Gasteiger partial charge on any atom is 0.237 e. The standard InChI is InChI=1S/C17H16ClN5OS/c1-11-6-3-4-9-15(11)23-17(20-21-22-23)25-12(2)16(24)19-14-8-5-7-13(18)10-14/h3-10,12H,1-2H3,(H,19,24). The molecule has 0 aliphatic heterocycles. The van der Waals surface area contributed by atoms with Crippen LogP contribution >= 0.6 is 23.4 Å². The Labute approximate surface area is 154 Å². The molecule has 25 heavy (non-hydrogen) atoms. The van der Waals surface area contributed by atoms with E-state index in [-0.39, 0.29) is 11.2 Å². The highest BCUT2D eigenvalue weighted by Crippen LogP contribution is 2.25. The van der Waals surface area contributed by atoms with E-state index in [1.807, 2.05) is 31.2 Å². The maximum absolute atomic E-state index is 12.4. The van der Waals surface area contributed by atoms with Crippen molar-refractivity contribution in [3.05, 3.63) is 59.1 Å². The lowest BCUT2D eigenvalue weighted by molar-refractivity contribution is -0.115. The first-order valence-corrected chi connectivity index (χ1v) is 8.88. The lowest BCUT2D eigenvalue weighted by atomic mass is 10.2. The average molecular weight is 374 g/mol. The quantitative estimate of drug-likeness (QED) is 0.689. The van der Waals surface area contributed by atoms with Crippen LogP contribution in [0, 0.1) is 6.92 Å². The Morgan fingerprint density at radius 3 is 2.80 bits per heavy atom. The van der Waals surface area contributed by atoms with E-state index in [9.17, 15) is 4.79 Å². The largest absolute Gasteiger partial charge is 0.325 e. The second-order valence-corrected chi connectivity index (χ2v) is 7.16. The number of nitrogens with zero attached hydrogens (tertiary/aromatic N) is 4. The minimum absolute atomic E-state index is 0.147. The summed E-state index contributed by atoms with van der Waals surface area (Å²) in [5.74, 6) is -0.147. The molecule has 3 rings (SSSR count). The van der Waals surface area contributed by atoms with E-state index in [4.69, 9.17) is 11.6 Å². The normalized spacial score (nSPS) is 12.0.